The first-order chi connectivity index (χ1) is 14.2. The number of pyridine rings is 1. The van der Waals surface area contributed by atoms with Crippen molar-refractivity contribution in [3.8, 4) is 11.9 Å². The summed E-state index contributed by atoms with van der Waals surface area (Å²) in [5.74, 6) is 1.55. The monoisotopic (exact) mass is 392 g/mol. The van der Waals surface area contributed by atoms with E-state index in [1.165, 1.54) is 0 Å². The van der Waals surface area contributed by atoms with Gasteiger partial charge in [0.2, 0.25) is 0 Å². The summed E-state index contributed by atoms with van der Waals surface area (Å²) in [6.07, 6.45) is 5.13. The minimum absolute atomic E-state index is 0.217. The molecule has 9 nitrogen and oxygen atoms in total. The first kappa shape index (κ1) is 18.1. The Morgan fingerprint density at radius 1 is 1.31 bits per heavy atom. The second kappa shape index (κ2) is 7.13. The number of piperidine rings is 1. The Morgan fingerprint density at radius 3 is 2.90 bits per heavy atom. The van der Waals surface area contributed by atoms with Crippen molar-refractivity contribution in [1.29, 1.82) is 5.26 Å². The molecule has 0 bridgehead atoms. The van der Waals surface area contributed by atoms with Crippen LogP contribution in [0.2, 0.25) is 0 Å². The zero-order chi connectivity index (χ0) is 19.8. The van der Waals surface area contributed by atoms with Gasteiger partial charge in [0, 0.05) is 24.2 Å². The van der Waals surface area contributed by atoms with Gasteiger partial charge in [0.05, 0.1) is 36.9 Å². The third kappa shape index (κ3) is 2.96. The highest BCUT2D eigenvalue weighted by Gasteiger charge is 2.37. The van der Waals surface area contributed by atoms with E-state index in [-0.39, 0.29) is 6.04 Å². The molecule has 2 aliphatic heterocycles. The normalized spacial score (nSPS) is 21.9. The van der Waals surface area contributed by atoms with Crippen LogP contribution in [0, 0.1) is 11.3 Å². The molecule has 0 aliphatic carbocycles. The second-order valence-corrected chi connectivity index (χ2v) is 7.82. The van der Waals surface area contributed by atoms with E-state index in [0.717, 1.165) is 54.9 Å². The van der Waals surface area contributed by atoms with Crippen LogP contribution in [0.3, 0.4) is 0 Å². The fourth-order valence-electron chi connectivity index (χ4n) is 4.43. The molecule has 5 heterocycles. The van der Waals surface area contributed by atoms with E-state index in [9.17, 15) is 5.26 Å². The minimum Gasteiger partial charge on any atom is -0.377 e. The first-order valence-corrected chi connectivity index (χ1v) is 10.1. The summed E-state index contributed by atoms with van der Waals surface area (Å²) in [4.78, 5) is 7.24. The highest BCUT2D eigenvalue weighted by Crippen LogP contribution is 2.39. The molecule has 150 valence electrons. The van der Waals surface area contributed by atoms with E-state index in [1.807, 2.05) is 12.3 Å². The molecular formula is C20H24N8O. The molecule has 1 atom stereocenters. The van der Waals surface area contributed by atoms with Gasteiger partial charge in [0.1, 0.15) is 5.82 Å². The van der Waals surface area contributed by atoms with Crippen molar-refractivity contribution < 1.29 is 4.74 Å². The number of aromatic amines is 1. The molecule has 0 amide bonds. The van der Waals surface area contributed by atoms with Crippen LogP contribution in [-0.4, -0.2) is 63.9 Å². The molecule has 0 radical (unpaired) electrons. The molecule has 0 aromatic carbocycles. The Balaban J connectivity index is 1.74. The standard InChI is InChI=1S/C20H24N8O/c1-14-12-29-9-8-27(14)18-10-16(20(13-21)3-6-22-7-4-20)15-11-24-28(19(15)25-18)17-2-5-23-26-17/h2,5,10-11,14,22H,3-4,6-9,12H2,1H3,(H,23,26)/t14-/m1/s1. The molecule has 2 saturated heterocycles. The smallest absolute Gasteiger partial charge is 0.177 e. The van der Waals surface area contributed by atoms with Crippen LogP contribution in [0.5, 0.6) is 0 Å². The van der Waals surface area contributed by atoms with Gasteiger partial charge in [0.15, 0.2) is 11.5 Å². The van der Waals surface area contributed by atoms with Gasteiger partial charge in [-0.15, -0.1) is 0 Å². The molecule has 2 fully saturated rings. The van der Waals surface area contributed by atoms with E-state index >= 15 is 0 Å². The third-order valence-electron chi connectivity index (χ3n) is 6.08. The van der Waals surface area contributed by atoms with Crippen molar-refractivity contribution in [2.75, 3.05) is 37.7 Å². The molecule has 2 N–H and O–H groups in total. The van der Waals surface area contributed by atoms with Gasteiger partial charge in [-0.05, 0) is 44.5 Å². The number of nitriles is 1. The van der Waals surface area contributed by atoms with Gasteiger partial charge >= 0.3 is 0 Å². The minimum atomic E-state index is -0.545. The fourth-order valence-corrected chi connectivity index (χ4v) is 4.43. The molecule has 0 saturated carbocycles. The summed E-state index contributed by atoms with van der Waals surface area (Å²) in [5, 5.41) is 26.2. The fraction of sp³-hybridized carbons (Fsp3) is 0.500. The van der Waals surface area contributed by atoms with Crippen molar-refractivity contribution >= 4 is 16.9 Å². The van der Waals surface area contributed by atoms with Crippen LogP contribution in [0.4, 0.5) is 5.82 Å². The molecule has 0 spiro atoms. The van der Waals surface area contributed by atoms with Crippen molar-refractivity contribution in [2.45, 2.75) is 31.2 Å². The molecular weight excluding hydrogens is 368 g/mol. The predicted molar refractivity (Wildman–Crippen MR) is 108 cm³/mol. The molecule has 3 aromatic heterocycles. The maximum Gasteiger partial charge on any atom is 0.177 e. The molecule has 9 heteroatoms. The van der Waals surface area contributed by atoms with Crippen LogP contribution >= 0.6 is 0 Å². The van der Waals surface area contributed by atoms with Crippen LogP contribution in [0.25, 0.3) is 16.9 Å². The summed E-state index contributed by atoms with van der Waals surface area (Å²) < 4.78 is 7.36. The van der Waals surface area contributed by atoms with Crippen molar-refractivity contribution in [1.82, 2.24) is 30.3 Å². The van der Waals surface area contributed by atoms with Gasteiger partial charge in [-0.1, -0.05) is 0 Å². The Hall–Kier alpha value is -2.96. The van der Waals surface area contributed by atoms with Gasteiger partial charge in [-0.3, -0.25) is 5.10 Å². The van der Waals surface area contributed by atoms with Gasteiger partial charge < -0.3 is 15.0 Å². The zero-order valence-corrected chi connectivity index (χ0v) is 16.4. The Morgan fingerprint density at radius 2 is 2.17 bits per heavy atom. The second-order valence-electron chi connectivity index (χ2n) is 7.82. The first-order valence-electron chi connectivity index (χ1n) is 10.1. The van der Waals surface area contributed by atoms with Gasteiger partial charge in [0.25, 0.3) is 0 Å². The number of hydrogen-bond acceptors (Lipinski definition) is 7. The van der Waals surface area contributed by atoms with Gasteiger partial charge in [-0.2, -0.15) is 20.1 Å². The lowest BCUT2D eigenvalue weighted by Crippen LogP contribution is -2.44. The molecule has 3 aromatic rings. The lowest BCUT2D eigenvalue weighted by molar-refractivity contribution is 0.0985. The molecule has 0 unspecified atom stereocenters. The average Bonchev–Trinajstić information content (AvgIpc) is 3.43. The largest absolute Gasteiger partial charge is 0.377 e. The summed E-state index contributed by atoms with van der Waals surface area (Å²) >= 11 is 0. The Kier molecular flexibility index (Phi) is 4.45. The zero-order valence-electron chi connectivity index (χ0n) is 16.4. The summed E-state index contributed by atoms with van der Waals surface area (Å²) in [6, 6.07) is 6.83. The maximum atomic E-state index is 10.2. The number of nitrogens with zero attached hydrogens (tertiary/aromatic N) is 6. The third-order valence-corrected chi connectivity index (χ3v) is 6.08. The molecule has 2 aliphatic rings. The molecule has 5 rings (SSSR count). The number of ether oxygens (including phenoxy) is 1. The summed E-state index contributed by atoms with van der Waals surface area (Å²) in [7, 11) is 0. The highest BCUT2D eigenvalue weighted by atomic mass is 16.5. The lowest BCUT2D eigenvalue weighted by Gasteiger charge is -2.36. The number of H-pyrrole nitrogens is 1. The van der Waals surface area contributed by atoms with Crippen LogP contribution in [0.1, 0.15) is 25.3 Å². The summed E-state index contributed by atoms with van der Waals surface area (Å²) in [6.45, 7) is 5.91. The van der Waals surface area contributed by atoms with Crippen LogP contribution < -0.4 is 10.2 Å². The number of nitrogens with one attached hydrogen (secondary N) is 2. The lowest BCUT2D eigenvalue weighted by atomic mass is 9.73. The van der Waals surface area contributed by atoms with E-state index in [4.69, 9.17) is 9.72 Å². The number of anilines is 1. The summed E-state index contributed by atoms with van der Waals surface area (Å²) in [5.41, 5.74) is 1.20. The Labute approximate surface area is 168 Å². The van der Waals surface area contributed by atoms with Crippen molar-refractivity contribution in [3.63, 3.8) is 0 Å². The van der Waals surface area contributed by atoms with E-state index < -0.39 is 5.41 Å². The predicted octanol–water partition coefficient (Wildman–Crippen LogP) is 1.51. The topological polar surface area (TPSA) is 108 Å². The Bertz CT molecular complexity index is 1040. The number of aromatic nitrogens is 5. The van der Waals surface area contributed by atoms with E-state index in [2.05, 4.69) is 44.6 Å². The highest BCUT2D eigenvalue weighted by molar-refractivity contribution is 5.84. The number of morpholine rings is 1. The van der Waals surface area contributed by atoms with Crippen molar-refractivity contribution in [2.24, 2.45) is 0 Å². The quantitative estimate of drug-likeness (QED) is 0.696. The van der Waals surface area contributed by atoms with Crippen LogP contribution in [-0.2, 0) is 10.2 Å². The van der Waals surface area contributed by atoms with E-state index in [1.54, 1.807) is 10.9 Å². The van der Waals surface area contributed by atoms with Crippen molar-refractivity contribution in [3.05, 3.63) is 30.1 Å². The number of fused-ring (bicyclic) bond motifs is 1. The number of rotatable bonds is 3. The average molecular weight is 392 g/mol. The van der Waals surface area contributed by atoms with Crippen LogP contribution in [0.15, 0.2) is 24.5 Å². The maximum absolute atomic E-state index is 10.2. The SMILES string of the molecule is C[C@@H]1COCCN1c1cc(C2(C#N)CCNCC2)c2cnn(-c3cc[nH]n3)c2n1. The molecule has 29 heavy (non-hydrogen) atoms. The van der Waals surface area contributed by atoms with E-state index in [0.29, 0.717) is 19.0 Å². The number of hydrogen-bond donors (Lipinski definition) is 2. The van der Waals surface area contributed by atoms with Gasteiger partial charge in [-0.25, -0.2) is 4.98 Å².